The minimum Gasteiger partial charge on any atom is -0.486 e. The van der Waals surface area contributed by atoms with Crippen LogP contribution in [0.5, 0.6) is 11.5 Å². The zero-order valence-corrected chi connectivity index (χ0v) is 16.5. The quantitative estimate of drug-likeness (QED) is 0.688. The van der Waals surface area contributed by atoms with Gasteiger partial charge in [0.05, 0.1) is 10.7 Å². The van der Waals surface area contributed by atoms with Crippen LogP contribution < -0.4 is 14.8 Å². The Balaban J connectivity index is 1.38. The van der Waals surface area contributed by atoms with Crippen LogP contribution in [-0.2, 0) is 13.0 Å². The molecule has 6 nitrogen and oxygen atoms in total. The standard InChI is InChI=1S/C22H20ClN3O3/c23-17-11-15(12-19-21(17)29-9-8-28-19)22(27)24-16-5-3-4-14(10-16)18-13-26-7-2-1-6-20(26)25-18/h3-5,10-13H,1-2,6-9H2,(H,24,27). The Hall–Kier alpha value is -2.99. The molecule has 0 unspecified atom stereocenters. The third-order valence-corrected chi connectivity index (χ3v) is 5.46. The van der Waals surface area contributed by atoms with Crippen molar-refractivity contribution in [2.75, 3.05) is 18.5 Å². The monoisotopic (exact) mass is 409 g/mol. The summed E-state index contributed by atoms with van der Waals surface area (Å²) in [6.07, 6.45) is 5.49. The number of halogens is 1. The average Bonchev–Trinajstić information content (AvgIpc) is 3.18. The number of anilines is 1. The maximum atomic E-state index is 12.8. The number of benzene rings is 2. The van der Waals surface area contributed by atoms with Crippen molar-refractivity contribution >= 4 is 23.2 Å². The van der Waals surface area contributed by atoms with Crippen LogP contribution in [0.4, 0.5) is 5.69 Å². The van der Waals surface area contributed by atoms with Crippen molar-refractivity contribution in [1.29, 1.82) is 0 Å². The molecule has 0 fully saturated rings. The van der Waals surface area contributed by atoms with Crippen molar-refractivity contribution < 1.29 is 14.3 Å². The molecule has 1 N–H and O–H groups in total. The van der Waals surface area contributed by atoms with Crippen molar-refractivity contribution in [2.24, 2.45) is 0 Å². The molecule has 148 valence electrons. The van der Waals surface area contributed by atoms with Crippen LogP contribution in [0, 0.1) is 0 Å². The second kappa shape index (κ2) is 7.44. The number of rotatable bonds is 3. The Labute approximate surface area is 173 Å². The fourth-order valence-corrected chi connectivity index (χ4v) is 4.02. The van der Waals surface area contributed by atoms with Gasteiger partial charge in [-0.1, -0.05) is 23.7 Å². The average molecular weight is 410 g/mol. The zero-order valence-electron chi connectivity index (χ0n) is 15.8. The molecule has 2 aromatic carbocycles. The normalized spacial score (nSPS) is 14.9. The molecule has 0 aliphatic carbocycles. The summed E-state index contributed by atoms with van der Waals surface area (Å²) in [5.74, 6) is 1.85. The van der Waals surface area contributed by atoms with Crippen LogP contribution in [0.3, 0.4) is 0 Å². The lowest BCUT2D eigenvalue weighted by atomic mass is 10.1. The number of amides is 1. The number of aromatic nitrogens is 2. The highest BCUT2D eigenvalue weighted by Crippen LogP contribution is 2.38. The summed E-state index contributed by atoms with van der Waals surface area (Å²) in [4.78, 5) is 17.5. The molecule has 0 saturated heterocycles. The van der Waals surface area contributed by atoms with Gasteiger partial charge in [0.15, 0.2) is 11.5 Å². The van der Waals surface area contributed by atoms with Gasteiger partial charge in [-0.05, 0) is 37.1 Å². The number of carbonyl (C=O) groups is 1. The number of imidazole rings is 1. The van der Waals surface area contributed by atoms with E-state index in [1.807, 2.05) is 24.3 Å². The number of aryl methyl sites for hydroxylation is 2. The molecule has 2 aliphatic heterocycles. The predicted molar refractivity (Wildman–Crippen MR) is 111 cm³/mol. The van der Waals surface area contributed by atoms with E-state index in [0.29, 0.717) is 41.0 Å². The first-order valence-electron chi connectivity index (χ1n) is 9.74. The summed E-state index contributed by atoms with van der Waals surface area (Å²) < 4.78 is 13.3. The lowest BCUT2D eigenvalue weighted by molar-refractivity contribution is 0.102. The molecule has 0 saturated carbocycles. The van der Waals surface area contributed by atoms with Crippen LogP contribution in [0.15, 0.2) is 42.6 Å². The molecule has 7 heteroatoms. The molecule has 1 amide bonds. The van der Waals surface area contributed by atoms with E-state index in [-0.39, 0.29) is 5.91 Å². The fraction of sp³-hybridized carbons (Fsp3) is 0.273. The Morgan fingerprint density at radius 2 is 2.03 bits per heavy atom. The van der Waals surface area contributed by atoms with Gasteiger partial charge in [0, 0.05) is 36.0 Å². The SMILES string of the molecule is O=C(Nc1cccc(-c2cn3c(n2)CCCC3)c1)c1cc(Cl)c2c(c1)OCCO2. The van der Waals surface area contributed by atoms with E-state index in [0.717, 1.165) is 30.0 Å². The van der Waals surface area contributed by atoms with Crippen molar-refractivity contribution in [3.63, 3.8) is 0 Å². The maximum Gasteiger partial charge on any atom is 0.255 e. The van der Waals surface area contributed by atoms with Crippen molar-refractivity contribution in [1.82, 2.24) is 9.55 Å². The summed E-state index contributed by atoms with van der Waals surface area (Å²) in [6, 6.07) is 11.0. The number of carbonyl (C=O) groups excluding carboxylic acids is 1. The topological polar surface area (TPSA) is 65.4 Å². The number of fused-ring (bicyclic) bond motifs is 2. The van der Waals surface area contributed by atoms with E-state index in [9.17, 15) is 4.79 Å². The van der Waals surface area contributed by atoms with Crippen LogP contribution in [-0.4, -0.2) is 28.7 Å². The van der Waals surface area contributed by atoms with Gasteiger partial charge in [-0.15, -0.1) is 0 Å². The lowest BCUT2D eigenvalue weighted by Gasteiger charge is -2.20. The van der Waals surface area contributed by atoms with Gasteiger partial charge < -0.3 is 19.4 Å². The smallest absolute Gasteiger partial charge is 0.255 e. The van der Waals surface area contributed by atoms with Crippen molar-refractivity contribution in [3.8, 4) is 22.8 Å². The molecule has 0 radical (unpaired) electrons. The molecule has 5 rings (SSSR count). The first kappa shape index (κ1) is 18.1. The Bertz CT molecular complexity index is 1070. The van der Waals surface area contributed by atoms with Gasteiger partial charge in [0.1, 0.15) is 19.0 Å². The van der Waals surface area contributed by atoms with Gasteiger partial charge >= 0.3 is 0 Å². The van der Waals surface area contributed by atoms with E-state index in [2.05, 4.69) is 16.1 Å². The molecule has 3 heterocycles. The molecule has 0 atom stereocenters. The number of nitrogens with one attached hydrogen (secondary N) is 1. The van der Waals surface area contributed by atoms with Gasteiger partial charge in [0.25, 0.3) is 5.91 Å². The molecule has 0 bridgehead atoms. The number of ether oxygens (including phenoxy) is 2. The highest BCUT2D eigenvalue weighted by molar-refractivity contribution is 6.32. The van der Waals surface area contributed by atoms with E-state index in [1.165, 1.54) is 12.8 Å². The molecule has 0 spiro atoms. The molecular weight excluding hydrogens is 390 g/mol. The molecule has 1 aromatic heterocycles. The first-order chi connectivity index (χ1) is 14.2. The lowest BCUT2D eigenvalue weighted by Crippen LogP contribution is -2.17. The summed E-state index contributed by atoms with van der Waals surface area (Å²) in [6.45, 7) is 1.90. The highest BCUT2D eigenvalue weighted by Gasteiger charge is 2.20. The Morgan fingerprint density at radius 1 is 1.14 bits per heavy atom. The zero-order chi connectivity index (χ0) is 19.8. The first-order valence-corrected chi connectivity index (χ1v) is 10.1. The number of hydrogen-bond donors (Lipinski definition) is 1. The van der Waals surface area contributed by atoms with Gasteiger partial charge in [0.2, 0.25) is 0 Å². The summed E-state index contributed by atoms with van der Waals surface area (Å²) >= 11 is 6.25. The molecule has 2 aliphatic rings. The molecular formula is C22H20ClN3O3. The second-order valence-electron chi connectivity index (χ2n) is 7.21. The van der Waals surface area contributed by atoms with Gasteiger partial charge in [-0.2, -0.15) is 0 Å². The van der Waals surface area contributed by atoms with Crippen LogP contribution >= 0.6 is 11.6 Å². The van der Waals surface area contributed by atoms with Crippen LogP contribution in [0.1, 0.15) is 29.0 Å². The van der Waals surface area contributed by atoms with Gasteiger partial charge in [-0.3, -0.25) is 4.79 Å². The summed E-state index contributed by atoms with van der Waals surface area (Å²) in [5, 5.41) is 3.30. The number of hydrogen-bond acceptors (Lipinski definition) is 4. The van der Waals surface area contributed by atoms with E-state index < -0.39 is 0 Å². The second-order valence-corrected chi connectivity index (χ2v) is 7.62. The summed E-state index contributed by atoms with van der Waals surface area (Å²) in [5.41, 5.74) is 3.02. The largest absolute Gasteiger partial charge is 0.486 e. The van der Waals surface area contributed by atoms with Crippen LogP contribution in [0.2, 0.25) is 5.02 Å². The van der Waals surface area contributed by atoms with E-state index in [1.54, 1.807) is 12.1 Å². The minimum atomic E-state index is -0.259. The van der Waals surface area contributed by atoms with Crippen molar-refractivity contribution in [3.05, 3.63) is 59.0 Å². The minimum absolute atomic E-state index is 0.259. The summed E-state index contributed by atoms with van der Waals surface area (Å²) in [7, 11) is 0. The van der Waals surface area contributed by atoms with Crippen molar-refractivity contribution in [2.45, 2.75) is 25.8 Å². The van der Waals surface area contributed by atoms with Crippen LogP contribution in [0.25, 0.3) is 11.3 Å². The number of nitrogens with zero attached hydrogens (tertiary/aromatic N) is 2. The van der Waals surface area contributed by atoms with Gasteiger partial charge in [-0.25, -0.2) is 4.98 Å². The maximum absolute atomic E-state index is 12.8. The predicted octanol–water partition coefficient (Wildman–Crippen LogP) is 4.56. The van der Waals surface area contributed by atoms with E-state index in [4.69, 9.17) is 26.1 Å². The highest BCUT2D eigenvalue weighted by atomic mass is 35.5. The van der Waals surface area contributed by atoms with E-state index >= 15 is 0 Å². The molecule has 29 heavy (non-hydrogen) atoms. The fourth-order valence-electron chi connectivity index (χ4n) is 3.75. The third-order valence-electron chi connectivity index (χ3n) is 5.18. The Morgan fingerprint density at radius 3 is 2.93 bits per heavy atom. The third kappa shape index (κ3) is 3.56. The Kier molecular flexibility index (Phi) is 4.64. The molecule has 3 aromatic rings.